The molecule has 0 spiro atoms. The smallest absolute Gasteiger partial charge is 0.170 e. The Bertz CT molecular complexity index is 418. The average molecular weight is 279 g/mol. The lowest BCUT2D eigenvalue weighted by Gasteiger charge is -2.28. The van der Waals surface area contributed by atoms with Gasteiger partial charge in [0.1, 0.15) is 0 Å². The summed E-state index contributed by atoms with van der Waals surface area (Å²) in [5.41, 5.74) is 7.48. The van der Waals surface area contributed by atoms with Crippen LogP contribution >= 0.6 is 0 Å². The van der Waals surface area contributed by atoms with Crippen LogP contribution in [-0.2, 0) is 11.3 Å². The molecule has 0 bridgehead atoms. The van der Waals surface area contributed by atoms with Crippen molar-refractivity contribution in [1.29, 1.82) is 0 Å². The Kier molecular flexibility index (Phi) is 7.04. The summed E-state index contributed by atoms with van der Waals surface area (Å²) in [5, 5.41) is 11.6. The first-order valence-corrected chi connectivity index (χ1v) is 6.92. The van der Waals surface area contributed by atoms with Crippen molar-refractivity contribution in [2.24, 2.45) is 10.9 Å². The summed E-state index contributed by atoms with van der Waals surface area (Å²) < 4.78 is 5.17. The van der Waals surface area contributed by atoms with Crippen LogP contribution in [0.5, 0.6) is 0 Å². The van der Waals surface area contributed by atoms with E-state index in [1.807, 2.05) is 24.3 Å². The molecule has 0 amide bonds. The van der Waals surface area contributed by atoms with E-state index in [9.17, 15) is 0 Å². The third-order valence-electron chi connectivity index (χ3n) is 3.54. The number of rotatable bonds is 8. The van der Waals surface area contributed by atoms with Gasteiger partial charge in [-0.3, -0.25) is 4.90 Å². The number of nitrogens with two attached hydrogens (primary N) is 1. The minimum atomic E-state index is 0.134. The molecule has 20 heavy (non-hydrogen) atoms. The van der Waals surface area contributed by atoms with E-state index in [1.54, 1.807) is 7.11 Å². The molecule has 0 fully saturated rings. The topological polar surface area (TPSA) is 71.1 Å². The van der Waals surface area contributed by atoms with Crippen molar-refractivity contribution < 1.29 is 9.94 Å². The average Bonchev–Trinajstić information content (AvgIpc) is 2.50. The van der Waals surface area contributed by atoms with Crippen molar-refractivity contribution in [3.63, 3.8) is 0 Å². The molecule has 1 rings (SSSR count). The minimum Gasteiger partial charge on any atom is -0.409 e. The second-order valence-electron chi connectivity index (χ2n) is 4.90. The van der Waals surface area contributed by atoms with Gasteiger partial charge < -0.3 is 15.7 Å². The quantitative estimate of drug-likeness (QED) is 0.330. The molecule has 1 unspecified atom stereocenters. The van der Waals surface area contributed by atoms with Crippen LogP contribution in [0.1, 0.15) is 31.4 Å². The number of amidine groups is 1. The predicted molar refractivity (Wildman–Crippen MR) is 81.0 cm³/mol. The summed E-state index contributed by atoms with van der Waals surface area (Å²) in [4.78, 5) is 2.39. The van der Waals surface area contributed by atoms with Crippen LogP contribution in [0, 0.1) is 0 Å². The van der Waals surface area contributed by atoms with Crippen molar-refractivity contribution in [3.05, 3.63) is 35.4 Å². The maximum absolute atomic E-state index is 8.65. The molecule has 0 aliphatic rings. The van der Waals surface area contributed by atoms with Crippen molar-refractivity contribution in [2.45, 2.75) is 32.9 Å². The van der Waals surface area contributed by atoms with Gasteiger partial charge in [-0.05, 0) is 18.9 Å². The Labute approximate surface area is 121 Å². The molecule has 1 aromatic carbocycles. The Morgan fingerprint density at radius 3 is 2.55 bits per heavy atom. The molecule has 0 aliphatic carbocycles. The van der Waals surface area contributed by atoms with E-state index in [4.69, 9.17) is 15.7 Å². The molecule has 0 aliphatic heterocycles. The number of benzene rings is 1. The highest BCUT2D eigenvalue weighted by Crippen LogP contribution is 2.12. The summed E-state index contributed by atoms with van der Waals surface area (Å²) in [6, 6.07) is 8.27. The van der Waals surface area contributed by atoms with Crippen molar-refractivity contribution >= 4 is 5.84 Å². The molecule has 0 saturated carbocycles. The maximum atomic E-state index is 8.65. The highest BCUT2D eigenvalue weighted by molar-refractivity contribution is 5.96. The first-order valence-electron chi connectivity index (χ1n) is 6.92. The summed E-state index contributed by atoms with van der Waals surface area (Å²) in [6.07, 6.45) is 1.10. The summed E-state index contributed by atoms with van der Waals surface area (Å²) in [5.74, 6) is 0.134. The molecule has 5 nitrogen and oxygen atoms in total. The molecule has 0 heterocycles. The fourth-order valence-electron chi connectivity index (χ4n) is 2.00. The van der Waals surface area contributed by atoms with Crippen LogP contribution in [-0.4, -0.2) is 42.2 Å². The highest BCUT2D eigenvalue weighted by atomic mass is 16.5. The van der Waals surface area contributed by atoms with Crippen LogP contribution in [0.15, 0.2) is 29.4 Å². The highest BCUT2D eigenvalue weighted by Gasteiger charge is 2.12. The van der Waals surface area contributed by atoms with Gasteiger partial charge in [0.05, 0.1) is 6.61 Å². The molecular formula is C15H25N3O2. The summed E-state index contributed by atoms with van der Waals surface area (Å²) in [7, 11) is 1.72. The molecular weight excluding hydrogens is 254 g/mol. The second-order valence-corrected chi connectivity index (χ2v) is 4.90. The molecule has 0 saturated heterocycles. The van der Waals surface area contributed by atoms with Gasteiger partial charge in [-0.2, -0.15) is 0 Å². The first kappa shape index (κ1) is 16.5. The predicted octanol–water partition coefficient (Wildman–Crippen LogP) is 2.03. The lowest BCUT2D eigenvalue weighted by atomic mass is 10.1. The van der Waals surface area contributed by atoms with Gasteiger partial charge in [0, 0.05) is 31.8 Å². The molecule has 0 aromatic heterocycles. The first-order chi connectivity index (χ1) is 9.62. The van der Waals surface area contributed by atoms with Gasteiger partial charge in [0.25, 0.3) is 0 Å². The molecule has 112 valence electrons. The third-order valence-corrected chi connectivity index (χ3v) is 3.54. The monoisotopic (exact) mass is 279 g/mol. The molecule has 0 radical (unpaired) electrons. The zero-order valence-corrected chi connectivity index (χ0v) is 12.5. The van der Waals surface area contributed by atoms with E-state index >= 15 is 0 Å². The third kappa shape index (κ3) is 4.83. The van der Waals surface area contributed by atoms with Crippen molar-refractivity contribution in [2.75, 3.05) is 20.3 Å². The van der Waals surface area contributed by atoms with Crippen molar-refractivity contribution in [1.82, 2.24) is 4.90 Å². The van der Waals surface area contributed by atoms with Crippen LogP contribution in [0.2, 0.25) is 0 Å². The minimum absolute atomic E-state index is 0.134. The number of ether oxygens (including phenoxy) is 1. The number of nitrogens with zero attached hydrogens (tertiary/aromatic N) is 2. The number of hydrogen-bond acceptors (Lipinski definition) is 4. The fourth-order valence-corrected chi connectivity index (χ4v) is 2.00. The van der Waals surface area contributed by atoms with Crippen LogP contribution in [0.3, 0.4) is 0 Å². The number of hydrogen-bond donors (Lipinski definition) is 2. The Morgan fingerprint density at radius 1 is 1.40 bits per heavy atom. The second kappa shape index (κ2) is 8.55. The SMILES string of the molecule is CCC(C)N(CCOC)Cc1ccc(C(N)=NO)cc1. The van der Waals surface area contributed by atoms with Crippen LogP contribution in [0.25, 0.3) is 0 Å². The van der Waals surface area contributed by atoms with Gasteiger partial charge >= 0.3 is 0 Å². The Morgan fingerprint density at radius 2 is 2.05 bits per heavy atom. The maximum Gasteiger partial charge on any atom is 0.170 e. The zero-order valence-electron chi connectivity index (χ0n) is 12.5. The summed E-state index contributed by atoms with van der Waals surface area (Å²) >= 11 is 0. The van der Waals surface area contributed by atoms with Gasteiger partial charge in [-0.25, -0.2) is 0 Å². The van der Waals surface area contributed by atoms with E-state index in [0.29, 0.717) is 6.04 Å². The largest absolute Gasteiger partial charge is 0.409 e. The van der Waals surface area contributed by atoms with Crippen LogP contribution < -0.4 is 5.73 Å². The Hall–Kier alpha value is -1.59. The van der Waals surface area contributed by atoms with Crippen LogP contribution in [0.4, 0.5) is 0 Å². The van der Waals surface area contributed by atoms with Gasteiger partial charge in [0.15, 0.2) is 5.84 Å². The summed E-state index contributed by atoms with van der Waals surface area (Å²) in [6.45, 7) is 6.92. The van der Waals surface area contributed by atoms with Crippen molar-refractivity contribution in [3.8, 4) is 0 Å². The molecule has 1 atom stereocenters. The normalized spacial score (nSPS) is 13.7. The van der Waals surface area contributed by atoms with E-state index in [2.05, 4.69) is 23.9 Å². The Balaban J connectivity index is 2.72. The van der Waals surface area contributed by atoms with E-state index < -0.39 is 0 Å². The van der Waals surface area contributed by atoms with E-state index in [0.717, 1.165) is 31.7 Å². The zero-order chi connectivity index (χ0) is 15.0. The van der Waals surface area contributed by atoms with Gasteiger partial charge in [0.2, 0.25) is 0 Å². The van der Waals surface area contributed by atoms with E-state index in [1.165, 1.54) is 5.56 Å². The molecule has 3 N–H and O–H groups in total. The lowest BCUT2D eigenvalue weighted by Crippen LogP contribution is -2.34. The fraction of sp³-hybridized carbons (Fsp3) is 0.533. The number of methoxy groups -OCH3 is 1. The lowest BCUT2D eigenvalue weighted by molar-refractivity contribution is 0.118. The number of oxime groups is 1. The van der Waals surface area contributed by atoms with Gasteiger partial charge in [-0.15, -0.1) is 0 Å². The molecule has 5 heteroatoms. The van der Waals surface area contributed by atoms with E-state index in [-0.39, 0.29) is 5.84 Å². The molecule has 1 aromatic rings. The standard InChI is InChI=1S/C15H25N3O2/c1-4-12(2)18(9-10-20-3)11-13-5-7-14(8-6-13)15(16)17-19/h5-8,12,19H,4,9-11H2,1-3H3,(H2,16,17). The van der Waals surface area contributed by atoms with Gasteiger partial charge in [-0.1, -0.05) is 36.3 Å².